The van der Waals surface area contributed by atoms with Gasteiger partial charge in [0.15, 0.2) is 0 Å². The Balaban J connectivity index is 2.00. The zero-order valence-corrected chi connectivity index (χ0v) is 15.1. The molecular weight excluding hydrogens is 336 g/mol. The molecule has 1 aliphatic rings. The van der Waals surface area contributed by atoms with Crippen LogP contribution in [0, 0.1) is 5.92 Å². The van der Waals surface area contributed by atoms with Gasteiger partial charge in [0.2, 0.25) is 0 Å². The van der Waals surface area contributed by atoms with E-state index in [4.69, 9.17) is 9.68 Å². The predicted octanol–water partition coefficient (Wildman–Crippen LogP) is 3.13. The molecule has 0 saturated heterocycles. The third kappa shape index (κ3) is 5.40. The first-order chi connectivity index (χ1) is 12.7. The molecular formula is C19H24N2O5. The van der Waals surface area contributed by atoms with E-state index in [2.05, 4.69) is 15.0 Å². The summed E-state index contributed by atoms with van der Waals surface area (Å²) in [6, 6.07) is 6.70. The van der Waals surface area contributed by atoms with E-state index >= 15 is 0 Å². The lowest BCUT2D eigenvalue weighted by Gasteiger charge is -2.20. The van der Waals surface area contributed by atoms with Crippen molar-refractivity contribution >= 4 is 23.7 Å². The largest absolute Gasteiger partial charge is 0.463 e. The Morgan fingerprint density at radius 1 is 1.15 bits per heavy atom. The second-order valence-electron chi connectivity index (χ2n) is 6.02. The molecule has 7 nitrogen and oxygen atoms in total. The maximum absolute atomic E-state index is 12.0. The molecule has 7 heteroatoms. The fourth-order valence-electron chi connectivity index (χ4n) is 2.98. The minimum atomic E-state index is -0.909. The first kappa shape index (κ1) is 19.6. The molecule has 1 saturated carbocycles. The van der Waals surface area contributed by atoms with E-state index in [9.17, 15) is 9.59 Å². The van der Waals surface area contributed by atoms with Crippen LogP contribution in [0.1, 0.15) is 48.0 Å². The Morgan fingerprint density at radius 2 is 1.88 bits per heavy atom. The number of ketones is 1. The van der Waals surface area contributed by atoms with E-state index in [1.165, 1.54) is 33.5 Å². The van der Waals surface area contributed by atoms with Crippen molar-refractivity contribution in [3.8, 4) is 0 Å². The number of ether oxygens (including phenoxy) is 1. The second-order valence-corrected chi connectivity index (χ2v) is 6.02. The second kappa shape index (κ2) is 10.3. The number of hydrogen-bond donors (Lipinski definition) is 0. The molecule has 0 spiro atoms. The predicted molar refractivity (Wildman–Crippen MR) is 97.1 cm³/mol. The number of benzene rings is 1. The summed E-state index contributed by atoms with van der Waals surface area (Å²) in [5.74, 6) is -1.29. The Labute approximate surface area is 153 Å². The molecule has 1 fully saturated rings. The van der Waals surface area contributed by atoms with Crippen LogP contribution in [0.3, 0.4) is 0 Å². The van der Waals surface area contributed by atoms with E-state index in [0.717, 1.165) is 18.6 Å². The first-order valence-corrected chi connectivity index (χ1v) is 8.64. The lowest BCUT2D eigenvalue weighted by molar-refractivity contribution is -0.135. The van der Waals surface area contributed by atoms with Crippen LogP contribution >= 0.6 is 0 Å². The van der Waals surface area contributed by atoms with Crippen LogP contribution in [0.15, 0.2) is 34.6 Å². The van der Waals surface area contributed by atoms with Crippen LogP contribution in [-0.2, 0) is 25.8 Å². The van der Waals surface area contributed by atoms with Gasteiger partial charge in [-0.25, -0.2) is 4.79 Å². The number of carbonyl (C=O) groups excluding carboxylic acids is 2. The maximum atomic E-state index is 12.0. The van der Waals surface area contributed by atoms with Crippen LogP contribution in [0.4, 0.5) is 0 Å². The average molecular weight is 360 g/mol. The number of hydrogen-bond acceptors (Lipinski definition) is 7. The SMILES string of the molecule is CO/N=C(/C=NOCc1ccccc1C(=O)C(=O)OC)C1CCCCC1. The van der Waals surface area contributed by atoms with Gasteiger partial charge in [-0.1, -0.05) is 53.8 Å². The summed E-state index contributed by atoms with van der Waals surface area (Å²) in [5.41, 5.74) is 1.56. The average Bonchev–Trinajstić information content (AvgIpc) is 2.70. The van der Waals surface area contributed by atoms with Gasteiger partial charge in [0.25, 0.3) is 5.78 Å². The van der Waals surface area contributed by atoms with Crippen LogP contribution in [0.25, 0.3) is 0 Å². The Bertz CT molecular complexity index is 678. The monoisotopic (exact) mass is 360 g/mol. The molecule has 2 rings (SSSR count). The minimum absolute atomic E-state index is 0.0559. The molecule has 1 aromatic carbocycles. The highest BCUT2D eigenvalue weighted by molar-refractivity contribution is 6.41. The number of nitrogens with zero attached hydrogens (tertiary/aromatic N) is 2. The summed E-state index contributed by atoms with van der Waals surface area (Å²) in [5, 5.41) is 8.01. The number of methoxy groups -OCH3 is 1. The fourth-order valence-corrected chi connectivity index (χ4v) is 2.98. The van der Waals surface area contributed by atoms with Gasteiger partial charge in [-0.15, -0.1) is 0 Å². The standard InChI is InChI=1S/C19H24N2O5/c1-24-19(23)18(22)16-11-7-6-10-15(16)13-26-20-12-17(21-25-2)14-8-4-3-5-9-14/h6-7,10-12,14H,3-5,8-9,13H2,1-2H3/b20-12?,21-17-. The summed E-state index contributed by atoms with van der Waals surface area (Å²) < 4.78 is 4.48. The van der Waals surface area contributed by atoms with Gasteiger partial charge in [0, 0.05) is 17.0 Å². The van der Waals surface area contributed by atoms with Gasteiger partial charge in [-0.05, 0) is 12.8 Å². The zero-order valence-electron chi connectivity index (χ0n) is 15.1. The zero-order chi connectivity index (χ0) is 18.8. The lowest BCUT2D eigenvalue weighted by Crippen LogP contribution is -2.19. The minimum Gasteiger partial charge on any atom is -0.463 e. The molecule has 0 atom stereocenters. The lowest BCUT2D eigenvalue weighted by atomic mass is 9.86. The molecule has 0 heterocycles. The number of Topliss-reactive ketones (excluding diaryl/α,β-unsaturated/α-hetero) is 1. The molecule has 140 valence electrons. The molecule has 0 unspecified atom stereocenters. The first-order valence-electron chi connectivity index (χ1n) is 8.64. The summed E-state index contributed by atoms with van der Waals surface area (Å²) in [7, 11) is 2.68. The highest BCUT2D eigenvalue weighted by Crippen LogP contribution is 2.24. The molecule has 0 aromatic heterocycles. The van der Waals surface area contributed by atoms with Crippen LogP contribution in [-0.4, -0.2) is 37.9 Å². The van der Waals surface area contributed by atoms with Crippen molar-refractivity contribution in [1.29, 1.82) is 0 Å². The van der Waals surface area contributed by atoms with Crippen molar-refractivity contribution in [2.45, 2.75) is 38.7 Å². The van der Waals surface area contributed by atoms with E-state index in [1.54, 1.807) is 30.5 Å². The van der Waals surface area contributed by atoms with Crippen molar-refractivity contribution in [3.63, 3.8) is 0 Å². The molecule has 0 bridgehead atoms. The summed E-state index contributed by atoms with van der Waals surface area (Å²) in [6.07, 6.45) is 7.27. The molecule has 0 amide bonds. The smallest absolute Gasteiger partial charge is 0.379 e. The van der Waals surface area contributed by atoms with Gasteiger partial charge in [0.05, 0.1) is 13.3 Å². The van der Waals surface area contributed by atoms with Crippen molar-refractivity contribution in [2.24, 2.45) is 16.2 Å². The van der Waals surface area contributed by atoms with Crippen LogP contribution in [0.5, 0.6) is 0 Å². The molecule has 1 aliphatic carbocycles. The van der Waals surface area contributed by atoms with E-state index in [-0.39, 0.29) is 12.2 Å². The van der Waals surface area contributed by atoms with Gasteiger partial charge < -0.3 is 14.4 Å². The molecule has 26 heavy (non-hydrogen) atoms. The molecule has 1 aromatic rings. The number of esters is 1. The summed E-state index contributed by atoms with van der Waals surface area (Å²) in [6.45, 7) is 0.0559. The molecule has 0 radical (unpaired) electrons. The highest BCUT2D eigenvalue weighted by Gasteiger charge is 2.20. The molecule has 0 aliphatic heterocycles. The summed E-state index contributed by atoms with van der Waals surface area (Å²) >= 11 is 0. The van der Waals surface area contributed by atoms with E-state index in [1.807, 2.05) is 0 Å². The van der Waals surface area contributed by atoms with Crippen molar-refractivity contribution in [3.05, 3.63) is 35.4 Å². The van der Waals surface area contributed by atoms with Crippen molar-refractivity contribution in [2.75, 3.05) is 14.2 Å². The Kier molecular flexibility index (Phi) is 7.79. The quantitative estimate of drug-likeness (QED) is 0.234. The Hall–Kier alpha value is -2.70. The number of carbonyl (C=O) groups is 2. The van der Waals surface area contributed by atoms with E-state index < -0.39 is 11.8 Å². The van der Waals surface area contributed by atoms with Gasteiger partial charge in [0.1, 0.15) is 19.4 Å². The van der Waals surface area contributed by atoms with Crippen LogP contribution < -0.4 is 0 Å². The van der Waals surface area contributed by atoms with Gasteiger partial charge in [-0.3, -0.25) is 4.79 Å². The van der Waals surface area contributed by atoms with Crippen LogP contribution in [0.2, 0.25) is 0 Å². The maximum Gasteiger partial charge on any atom is 0.379 e. The topological polar surface area (TPSA) is 86.6 Å². The summed E-state index contributed by atoms with van der Waals surface area (Å²) in [4.78, 5) is 33.7. The Morgan fingerprint density at radius 3 is 2.58 bits per heavy atom. The third-order valence-corrected chi connectivity index (χ3v) is 4.33. The van der Waals surface area contributed by atoms with Gasteiger partial charge >= 0.3 is 5.97 Å². The van der Waals surface area contributed by atoms with Crippen molar-refractivity contribution < 1.29 is 24.0 Å². The van der Waals surface area contributed by atoms with E-state index in [0.29, 0.717) is 11.5 Å². The fraction of sp³-hybridized carbons (Fsp3) is 0.474. The third-order valence-electron chi connectivity index (χ3n) is 4.33. The number of oxime groups is 2. The molecule has 0 N–H and O–H groups in total. The van der Waals surface area contributed by atoms with Crippen molar-refractivity contribution in [1.82, 2.24) is 0 Å². The number of rotatable bonds is 8. The van der Waals surface area contributed by atoms with Gasteiger partial charge in [-0.2, -0.15) is 0 Å². The normalized spacial score (nSPS) is 15.7. The highest BCUT2D eigenvalue weighted by atomic mass is 16.6.